The van der Waals surface area contributed by atoms with Crippen LogP contribution in [0.15, 0.2) is 28.8 Å². The van der Waals surface area contributed by atoms with E-state index in [4.69, 9.17) is 9.26 Å². The third-order valence-electron chi connectivity index (χ3n) is 2.52. The highest BCUT2D eigenvalue weighted by Crippen LogP contribution is 2.16. The Balaban J connectivity index is 2.01. The topological polar surface area (TPSA) is 68.5 Å². The maximum Gasteiger partial charge on any atom is 0.410 e. The Hall–Kier alpha value is -2.37. The van der Waals surface area contributed by atoms with Crippen molar-refractivity contribution < 1.29 is 14.1 Å². The predicted molar refractivity (Wildman–Crippen MR) is 76.3 cm³/mol. The van der Waals surface area contributed by atoms with Crippen LogP contribution in [0.3, 0.4) is 0 Å². The minimum atomic E-state index is -0.536. The van der Waals surface area contributed by atoms with E-state index in [-0.39, 0.29) is 6.54 Å². The van der Waals surface area contributed by atoms with Gasteiger partial charge in [0.15, 0.2) is 0 Å². The van der Waals surface area contributed by atoms with Gasteiger partial charge in [0.05, 0.1) is 0 Å². The lowest BCUT2D eigenvalue weighted by atomic mass is 10.2. The third-order valence-corrected chi connectivity index (χ3v) is 2.52. The van der Waals surface area contributed by atoms with Crippen LogP contribution >= 0.6 is 0 Å². The summed E-state index contributed by atoms with van der Waals surface area (Å²) in [6, 6.07) is 10.2. The van der Waals surface area contributed by atoms with Crippen LogP contribution in [-0.4, -0.2) is 33.8 Å². The van der Waals surface area contributed by atoms with E-state index in [0.717, 1.165) is 5.56 Å². The van der Waals surface area contributed by atoms with Gasteiger partial charge in [0.25, 0.3) is 0 Å². The quantitative estimate of drug-likeness (QED) is 0.868. The summed E-state index contributed by atoms with van der Waals surface area (Å²) in [4.78, 5) is 17.5. The molecule has 0 aliphatic carbocycles. The second kappa shape index (κ2) is 5.95. The second-order valence-electron chi connectivity index (χ2n) is 5.64. The molecule has 0 N–H and O–H groups in total. The standard InChI is InChI=1S/C15H18N3O3/c1-15(2,3)20-14(19)18(4)10-12-16-13(17-21-12)11-8-6-5-7-9-11/h6-9H,10H2,1-4H3. The number of hydrogen-bond acceptors (Lipinski definition) is 5. The number of hydrogen-bond donors (Lipinski definition) is 0. The van der Waals surface area contributed by atoms with Crippen LogP contribution in [0, 0.1) is 6.07 Å². The molecule has 111 valence electrons. The van der Waals surface area contributed by atoms with E-state index in [1.807, 2.05) is 32.9 Å². The van der Waals surface area contributed by atoms with Gasteiger partial charge in [-0.15, -0.1) is 0 Å². The van der Waals surface area contributed by atoms with Gasteiger partial charge in [-0.05, 0) is 26.8 Å². The molecular formula is C15H18N3O3. The van der Waals surface area contributed by atoms with Crippen LogP contribution in [0.25, 0.3) is 11.4 Å². The lowest BCUT2D eigenvalue weighted by molar-refractivity contribution is 0.0268. The largest absolute Gasteiger partial charge is 0.444 e. The third kappa shape index (κ3) is 4.30. The minimum absolute atomic E-state index is 0.195. The molecule has 6 heteroatoms. The normalized spacial score (nSPS) is 11.2. The van der Waals surface area contributed by atoms with E-state index >= 15 is 0 Å². The van der Waals surface area contributed by atoms with E-state index in [1.165, 1.54) is 4.90 Å². The Morgan fingerprint density at radius 1 is 1.38 bits per heavy atom. The van der Waals surface area contributed by atoms with Crippen LogP contribution in [-0.2, 0) is 11.3 Å². The van der Waals surface area contributed by atoms with Crippen LogP contribution < -0.4 is 0 Å². The van der Waals surface area contributed by atoms with Crippen molar-refractivity contribution in [2.75, 3.05) is 7.05 Å². The lowest BCUT2D eigenvalue weighted by Crippen LogP contribution is -2.33. The van der Waals surface area contributed by atoms with Gasteiger partial charge >= 0.3 is 6.09 Å². The first kappa shape index (κ1) is 15.0. The van der Waals surface area contributed by atoms with E-state index < -0.39 is 11.7 Å². The fourth-order valence-electron chi connectivity index (χ4n) is 1.58. The fourth-order valence-corrected chi connectivity index (χ4v) is 1.58. The van der Waals surface area contributed by atoms with Crippen molar-refractivity contribution >= 4 is 6.09 Å². The van der Waals surface area contributed by atoms with Gasteiger partial charge in [0, 0.05) is 12.6 Å². The van der Waals surface area contributed by atoms with Gasteiger partial charge in [0.2, 0.25) is 11.7 Å². The second-order valence-corrected chi connectivity index (χ2v) is 5.64. The molecule has 0 spiro atoms. The summed E-state index contributed by atoms with van der Waals surface area (Å²) in [6.07, 6.45) is -0.434. The lowest BCUT2D eigenvalue weighted by Gasteiger charge is -2.23. The Morgan fingerprint density at radius 3 is 2.67 bits per heavy atom. The van der Waals surface area contributed by atoms with Crippen molar-refractivity contribution in [3.8, 4) is 11.4 Å². The number of aromatic nitrogens is 2. The molecule has 0 fully saturated rings. The first-order valence-electron chi connectivity index (χ1n) is 6.58. The molecule has 1 aromatic heterocycles. The number of nitrogens with zero attached hydrogens (tertiary/aromatic N) is 3. The van der Waals surface area contributed by atoms with Crippen molar-refractivity contribution in [1.82, 2.24) is 15.0 Å². The summed E-state index contributed by atoms with van der Waals surface area (Å²) >= 11 is 0. The zero-order valence-corrected chi connectivity index (χ0v) is 12.6. The maximum absolute atomic E-state index is 11.8. The number of rotatable bonds is 3. The molecule has 0 atom stereocenters. The van der Waals surface area contributed by atoms with Crippen molar-refractivity contribution in [2.24, 2.45) is 0 Å². The van der Waals surface area contributed by atoms with Gasteiger partial charge < -0.3 is 14.2 Å². The van der Waals surface area contributed by atoms with Gasteiger partial charge in [0.1, 0.15) is 12.1 Å². The summed E-state index contributed by atoms with van der Waals surface area (Å²) in [5, 5.41) is 3.89. The highest BCUT2D eigenvalue weighted by atomic mass is 16.6. The molecule has 0 bridgehead atoms. The maximum atomic E-state index is 11.8. The Labute approximate surface area is 123 Å². The molecule has 1 heterocycles. The monoisotopic (exact) mass is 288 g/mol. The van der Waals surface area contributed by atoms with E-state index in [2.05, 4.69) is 16.2 Å². The van der Waals surface area contributed by atoms with Crippen molar-refractivity contribution in [3.63, 3.8) is 0 Å². The molecule has 1 aromatic carbocycles. The van der Waals surface area contributed by atoms with Crippen molar-refractivity contribution in [1.29, 1.82) is 0 Å². The number of carbonyl (C=O) groups excluding carboxylic acids is 1. The summed E-state index contributed by atoms with van der Waals surface area (Å²) in [6.45, 7) is 5.64. The number of amides is 1. The molecule has 1 amide bonds. The summed E-state index contributed by atoms with van der Waals surface area (Å²) in [5.41, 5.74) is 0.301. The van der Waals surface area contributed by atoms with Crippen LogP contribution in [0.2, 0.25) is 0 Å². The SMILES string of the molecule is CN(Cc1nc(-c2cc[c]cc2)no1)C(=O)OC(C)(C)C. The molecule has 1 radical (unpaired) electrons. The van der Waals surface area contributed by atoms with Gasteiger partial charge in [-0.3, -0.25) is 0 Å². The zero-order valence-electron chi connectivity index (χ0n) is 12.6. The molecule has 0 unspecified atom stereocenters. The van der Waals surface area contributed by atoms with Gasteiger partial charge in [-0.2, -0.15) is 4.98 Å². The highest BCUT2D eigenvalue weighted by molar-refractivity contribution is 5.67. The van der Waals surface area contributed by atoms with Crippen LogP contribution in [0.1, 0.15) is 26.7 Å². The van der Waals surface area contributed by atoms with Crippen LogP contribution in [0.5, 0.6) is 0 Å². The first-order valence-corrected chi connectivity index (χ1v) is 6.58. The number of carbonyl (C=O) groups is 1. The Morgan fingerprint density at radius 2 is 2.05 bits per heavy atom. The number of benzene rings is 1. The van der Waals surface area contributed by atoms with Gasteiger partial charge in [-0.25, -0.2) is 4.79 Å². The zero-order chi connectivity index (χ0) is 15.5. The molecule has 0 saturated heterocycles. The molecule has 2 aromatic rings. The summed E-state index contributed by atoms with van der Waals surface area (Å²) in [7, 11) is 1.62. The van der Waals surface area contributed by atoms with Gasteiger partial charge in [-0.1, -0.05) is 29.4 Å². The first-order chi connectivity index (χ1) is 9.85. The average Bonchev–Trinajstić information content (AvgIpc) is 2.86. The van der Waals surface area contributed by atoms with Crippen LogP contribution in [0.4, 0.5) is 4.79 Å². The van der Waals surface area contributed by atoms with Crippen molar-refractivity contribution in [3.05, 3.63) is 36.2 Å². The Bertz CT molecular complexity index is 602. The molecule has 0 saturated carbocycles. The number of ether oxygens (including phenoxy) is 1. The minimum Gasteiger partial charge on any atom is -0.444 e. The molecule has 2 rings (SSSR count). The summed E-state index contributed by atoms with van der Waals surface area (Å²) in [5.74, 6) is 0.836. The molecular weight excluding hydrogens is 270 g/mol. The highest BCUT2D eigenvalue weighted by Gasteiger charge is 2.21. The van der Waals surface area contributed by atoms with E-state index in [1.54, 1.807) is 19.2 Å². The Kier molecular flexibility index (Phi) is 4.26. The smallest absolute Gasteiger partial charge is 0.410 e. The summed E-state index contributed by atoms with van der Waals surface area (Å²) < 4.78 is 10.4. The molecule has 0 aliphatic rings. The predicted octanol–water partition coefficient (Wildman–Crippen LogP) is 2.90. The average molecular weight is 288 g/mol. The molecule has 21 heavy (non-hydrogen) atoms. The molecule has 6 nitrogen and oxygen atoms in total. The van der Waals surface area contributed by atoms with E-state index in [0.29, 0.717) is 11.7 Å². The van der Waals surface area contributed by atoms with E-state index in [9.17, 15) is 4.79 Å². The van der Waals surface area contributed by atoms with Crippen molar-refractivity contribution in [2.45, 2.75) is 32.9 Å². The fraction of sp³-hybridized carbons (Fsp3) is 0.400. The molecule has 0 aliphatic heterocycles.